The van der Waals surface area contributed by atoms with E-state index >= 15 is 0 Å². The van der Waals surface area contributed by atoms with E-state index in [9.17, 15) is 4.79 Å². The predicted octanol–water partition coefficient (Wildman–Crippen LogP) is 4.24. The minimum atomic E-state index is -0.624. The molecule has 5 nitrogen and oxygen atoms in total. The number of hydrogen-bond acceptors (Lipinski definition) is 4. The number of carbonyl (C=O) groups excluding carboxylic acids is 1. The zero-order valence-electron chi connectivity index (χ0n) is 14.9. The van der Waals surface area contributed by atoms with Crippen LogP contribution in [0.3, 0.4) is 0 Å². The van der Waals surface area contributed by atoms with Gasteiger partial charge in [-0.3, -0.25) is 0 Å². The highest BCUT2D eigenvalue weighted by molar-refractivity contribution is 5.91. The number of nitrogens with two attached hydrogens (primary N) is 1. The summed E-state index contributed by atoms with van der Waals surface area (Å²) in [5.41, 5.74) is 7.66. The highest BCUT2D eigenvalue weighted by Crippen LogP contribution is 2.15. The van der Waals surface area contributed by atoms with Crippen molar-refractivity contribution in [2.24, 2.45) is 4.99 Å². The fraction of sp³-hybridized carbons (Fsp3) is 0.300. The number of nitrogen functional groups attached to an aromatic ring is 1. The first kappa shape index (κ1) is 18.5. The summed E-state index contributed by atoms with van der Waals surface area (Å²) in [5, 5.41) is 0. The van der Waals surface area contributed by atoms with Gasteiger partial charge in [0.1, 0.15) is 11.4 Å². The Bertz CT molecular complexity index is 734. The van der Waals surface area contributed by atoms with E-state index in [-0.39, 0.29) is 0 Å². The highest BCUT2D eigenvalue weighted by atomic mass is 16.6. The van der Waals surface area contributed by atoms with Gasteiger partial charge in [-0.25, -0.2) is 4.79 Å². The summed E-state index contributed by atoms with van der Waals surface area (Å²) >= 11 is 0. The standard InChI is InChI=1S/C20H24N2O3/c1-20(2,3)25-19(23)22-14-16-13-17(21)10-9-15(16)11-12-24-18-7-5-4-6-8-18/h4-10,13-14H,11-12,21H2,1-3H3. The second-order valence-electron chi connectivity index (χ2n) is 6.61. The van der Waals surface area contributed by atoms with Crippen molar-refractivity contribution in [1.29, 1.82) is 0 Å². The van der Waals surface area contributed by atoms with Gasteiger partial charge in [-0.1, -0.05) is 24.3 Å². The third-order valence-corrected chi connectivity index (χ3v) is 3.26. The second-order valence-corrected chi connectivity index (χ2v) is 6.61. The molecule has 0 spiro atoms. The van der Waals surface area contributed by atoms with Gasteiger partial charge < -0.3 is 15.2 Å². The zero-order chi connectivity index (χ0) is 18.3. The first-order chi connectivity index (χ1) is 11.8. The number of amides is 1. The van der Waals surface area contributed by atoms with Crippen molar-refractivity contribution in [3.05, 3.63) is 59.7 Å². The summed E-state index contributed by atoms with van der Waals surface area (Å²) in [7, 11) is 0. The lowest BCUT2D eigenvalue weighted by Gasteiger charge is -2.17. The molecule has 2 rings (SSSR count). The Kier molecular flexibility index (Phi) is 6.17. The molecule has 2 N–H and O–H groups in total. The number of nitrogens with zero attached hydrogens (tertiary/aromatic N) is 1. The van der Waals surface area contributed by atoms with Gasteiger partial charge in [0.2, 0.25) is 0 Å². The number of carbonyl (C=O) groups is 1. The molecule has 0 aliphatic rings. The van der Waals surface area contributed by atoms with Gasteiger partial charge in [-0.15, -0.1) is 0 Å². The van der Waals surface area contributed by atoms with E-state index in [4.69, 9.17) is 15.2 Å². The molecule has 5 heteroatoms. The van der Waals surface area contributed by atoms with Crippen LogP contribution in [0.5, 0.6) is 5.75 Å². The van der Waals surface area contributed by atoms with Gasteiger partial charge in [0.05, 0.1) is 6.61 Å². The minimum absolute atomic E-state index is 0.515. The molecule has 25 heavy (non-hydrogen) atoms. The highest BCUT2D eigenvalue weighted by Gasteiger charge is 2.15. The van der Waals surface area contributed by atoms with Crippen molar-refractivity contribution in [2.75, 3.05) is 12.3 Å². The molecule has 0 saturated carbocycles. The third-order valence-electron chi connectivity index (χ3n) is 3.26. The van der Waals surface area contributed by atoms with Crippen LogP contribution in [0.4, 0.5) is 10.5 Å². The number of hydrogen-bond donors (Lipinski definition) is 1. The van der Waals surface area contributed by atoms with Crippen LogP contribution in [0, 0.1) is 0 Å². The number of anilines is 1. The van der Waals surface area contributed by atoms with Gasteiger partial charge >= 0.3 is 6.09 Å². The summed E-state index contributed by atoms with van der Waals surface area (Å²) in [4.78, 5) is 15.6. The average Bonchev–Trinajstić information content (AvgIpc) is 2.54. The smallest absolute Gasteiger partial charge is 0.434 e. The van der Waals surface area contributed by atoms with Crippen LogP contribution in [0.1, 0.15) is 31.9 Å². The van der Waals surface area contributed by atoms with Crippen LogP contribution in [0.2, 0.25) is 0 Å². The second kappa shape index (κ2) is 8.33. The van der Waals surface area contributed by atoms with E-state index < -0.39 is 11.7 Å². The van der Waals surface area contributed by atoms with Crippen molar-refractivity contribution in [3.8, 4) is 5.75 Å². The molecule has 2 aromatic rings. The Labute approximate surface area is 148 Å². The molecule has 0 fully saturated rings. The van der Waals surface area contributed by atoms with Crippen LogP contribution in [-0.2, 0) is 11.2 Å². The number of ether oxygens (including phenoxy) is 2. The lowest BCUT2D eigenvalue weighted by Crippen LogP contribution is -2.22. The minimum Gasteiger partial charge on any atom is -0.493 e. The fourth-order valence-electron chi connectivity index (χ4n) is 2.17. The summed E-state index contributed by atoms with van der Waals surface area (Å²) < 4.78 is 10.9. The number of para-hydroxylation sites is 1. The lowest BCUT2D eigenvalue weighted by atomic mass is 10.0. The summed E-state index contributed by atoms with van der Waals surface area (Å²) in [6.07, 6.45) is 1.54. The maximum absolute atomic E-state index is 11.8. The molecule has 0 bridgehead atoms. The van der Waals surface area contributed by atoms with Crippen molar-refractivity contribution < 1.29 is 14.3 Å². The monoisotopic (exact) mass is 340 g/mol. The van der Waals surface area contributed by atoms with Crippen LogP contribution in [0.25, 0.3) is 0 Å². The van der Waals surface area contributed by atoms with E-state index in [2.05, 4.69) is 4.99 Å². The molecule has 0 aromatic heterocycles. The number of benzene rings is 2. The van der Waals surface area contributed by atoms with E-state index in [0.29, 0.717) is 18.7 Å². The summed E-state index contributed by atoms with van der Waals surface area (Å²) in [5.74, 6) is 0.821. The van der Waals surface area contributed by atoms with E-state index in [0.717, 1.165) is 16.9 Å². The average molecular weight is 340 g/mol. The molecular weight excluding hydrogens is 316 g/mol. The molecule has 1 amide bonds. The molecule has 0 unspecified atom stereocenters. The molecule has 2 aromatic carbocycles. The van der Waals surface area contributed by atoms with Gasteiger partial charge in [0.15, 0.2) is 0 Å². The third kappa shape index (κ3) is 6.67. The van der Waals surface area contributed by atoms with Crippen molar-refractivity contribution >= 4 is 18.0 Å². The molecule has 0 saturated heterocycles. The van der Waals surface area contributed by atoms with Gasteiger partial charge in [0, 0.05) is 18.3 Å². The van der Waals surface area contributed by atoms with Gasteiger partial charge in [-0.2, -0.15) is 4.99 Å². The van der Waals surface area contributed by atoms with E-state index in [1.165, 1.54) is 6.21 Å². The van der Waals surface area contributed by atoms with Crippen LogP contribution in [-0.4, -0.2) is 24.5 Å². The van der Waals surface area contributed by atoms with Crippen LogP contribution < -0.4 is 10.5 Å². The maximum atomic E-state index is 11.8. The first-order valence-corrected chi connectivity index (χ1v) is 8.17. The van der Waals surface area contributed by atoms with E-state index in [1.807, 2.05) is 42.5 Å². The predicted molar refractivity (Wildman–Crippen MR) is 100 cm³/mol. The Morgan fingerprint density at radius 3 is 2.56 bits per heavy atom. The molecule has 0 radical (unpaired) electrons. The van der Waals surface area contributed by atoms with Crippen molar-refractivity contribution in [2.45, 2.75) is 32.8 Å². The Morgan fingerprint density at radius 1 is 1.16 bits per heavy atom. The summed E-state index contributed by atoms with van der Waals surface area (Å²) in [6, 6.07) is 15.1. The topological polar surface area (TPSA) is 73.9 Å². The Morgan fingerprint density at radius 2 is 1.88 bits per heavy atom. The fourth-order valence-corrected chi connectivity index (χ4v) is 2.17. The molecular formula is C20H24N2O3. The molecule has 0 aliphatic heterocycles. The molecule has 132 valence electrons. The number of rotatable bonds is 5. The van der Waals surface area contributed by atoms with Crippen LogP contribution in [0.15, 0.2) is 53.5 Å². The molecule has 0 heterocycles. The van der Waals surface area contributed by atoms with Crippen molar-refractivity contribution in [1.82, 2.24) is 0 Å². The largest absolute Gasteiger partial charge is 0.493 e. The van der Waals surface area contributed by atoms with E-state index in [1.54, 1.807) is 26.8 Å². The Balaban J connectivity index is 2.02. The SMILES string of the molecule is CC(C)(C)OC(=O)N=Cc1cc(N)ccc1CCOc1ccccc1. The normalized spacial score (nSPS) is 11.5. The quantitative estimate of drug-likeness (QED) is 0.652. The summed E-state index contributed by atoms with van der Waals surface area (Å²) in [6.45, 7) is 5.91. The van der Waals surface area contributed by atoms with Crippen LogP contribution >= 0.6 is 0 Å². The molecule has 0 atom stereocenters. The zero-order valence-corrected chi connectivity index (χ0v) is 14.9. The van der Waals surface area contributed by atoms with Gasteiger partial charge in [0.25, 0.3) is 0 Å². The number of aliphatic imine (C=N–C) groups is 1. The van der Waals surface area contributed by atoms with Gasteiger partial charge in [-0.05, 0) is 56.2 Å². The van der Waals surface area contributed by atoms with Crippen molar-refractivity contribution in [3.63, 3.8) is 0 Å². The lowest BCUT2D eigenvalue weighted by molar-refractivity contribution is 0.0605. The first-order valence-electron chi connectivity index (χ1n) is 8.17. The Hall–Kier alpha value is -2.82. The molecule has 0 aliphatic carbocycles. The maximum Gasteiger partial charge on any atom is 0.434 e.